The number of pyridine rings is 1. The second-order valence-corrected chi connectivity index (χ2v) is 11.9. The second kappa shape index (κ2) is 13.6. The molecule has 9 nitrogen and oxygen atoms in total. The molecule has 228 valence electrons. The second-order valence-electron chi connectivity index (χ2n) is 10.2. The molecule has 0 aliphatic carbocycles. The Kier molecular flexibility index (Phi) is 10.2. The summed E-state index contributed by atoms with van der Waals surface area (Å²) in [5.41, 5.74) is -1.19. The van der Waals surface area contributed by atoms with Crippen molar-refractivity contribution in [3.05, 3.63) is 65.3 Å². The Bertz CT molecular complexity index is 1360. The van der Waals surface area contributed by atoms with Crippen molar-refractivity contribution in [3.63, 3.8) is 0 Å². The van der Waals surface area contributed by atoms with Crippen LogP contribution in [0.4, 0.5) is 35.1 Å². The summed E-state index contributed by atoms with van der Waals surface area (Å²) in [5.74, 6) is -1.71. The molecule has 2 unspecified atom stereocenters. The number of hydrogen-bond donors (Lipinski definition) is 1. The molecule has 14 heteroatoms. The fraction of sp³-hybridized carbons (Fsp3) is 0.464. The Hall–Kier alpha value is -3.52. The van der Waals surface area contributed by atoms with Gasteiger partial charge in [0.15, 0.2) is 5.69 Å². The third-order valence-corrected chi connectivity index (χ3v) is 8.57. The quantitative estimate of drug-likeness (QED) is 0.303. The molecule has 2 aliphatic heterocycles. The molecule has 2 saturated heterocycles. The fourth-order valence-corrected chi connectivity index (χ4v) is 5.99. The standard InChI is InChI=1S/C28H34F4N6O3S/c1-4-5-9-22(29)20(3)42(40)38-14-7-13-36(15-16-38)23-11-10-21(17-33-23)34-26(39)24-25(28(30,31)32)35-27(41-24)37-12-6-8-19(2)18-37/h4-5,9-11,17,19H,1,6-8,12-16,18H2,2-3H3,(H,34,39)/b9-5-,22-20-. The van der Waals surface area contributed by atoms with Crippen LogP contribution in [0.3, 0.4) is 0 Å². The van der Waals surface area contributed by atoms with Gasteiger partial charge in [-0.1, -0.05) is 25.7 Å². The summed E-state index contributed by atoms with van der Waals surface area (Å²) in [6.45, 7) is 9.92. The minimum atomic E-state index is -4.87. The summed E-state index contributed by atoms with van der Waals surface area (Å²) in [6.07, 6.45) is 2.96. The molecule has 0 spiro atoms. The number of hydrogen-bond acceptors (Lipinski definition) is 7. The molecular weight excluding hydrogens is 576 g/mol. The summed E-state index contributed by atoms with van der Waals surface area (Å²) < 4.78 is 75.3. The highest BCUT2D eigenvalue weighted by Gasteiger charge is 2.42. The first kappa shape index (κ1) is 31.4. The Morgan fingerprint density at radius 2 is 1.93 bits per heavy atom. The van der Waals surface area contributed by atoms with Crippen LogP contribution in [0, 0.1) is 5.92 Å². The zero-order chi connectivity index (χ0) is 30.4. The average molecular weight is 611 g/mol. The van der Waals surface area contributed by atoms with Gasteiger partial charge in [0.1, 0.15) is 22.6 Å². The van der Waals surface area contributed by atoms with E-state index in [9.17, 15) is 26.6 Å². The van der Waals surface area contributed by atoms with Crippen LogP contribution in [0.2, 0.25) is 0 Å². The van der Waals surface area contributed by atoms with E-state index in [1.165, 1.54) is 37.4 Å². The molecule has 0 bridgehead atoms. The normalized spacial score (nSPS) is 20.3. The van der Waals surface area contributed by atoms with Crippen LogP contribution in [0.25, 0.3) is 0 Å². The molecule has 1 amide bonds. The van der Waals surface area contributed by atoms with Crippen molar-refractivity contribution >= 4 is 34.4 Å². The topological polar surface area (TPSA) is 94.8 Å². The third kappa shape index (κ3) is 7.65. The van der Waals surface area contributed by atoms with Crippen LogP contribution in [-0.4, -0.2) is 63.7 Å². The van der Waals surface area contributed by atoms with E-state index in [1.807, 2.05) is 11.8 Å². The molecule has 0 saturated carbocycles. The zero-order valence-electron chi connectivity index (χ0n) is 23.5. The van der Waals surface area contributed by atoms with Crippen LogP contribution in [0.5, 0.6) is 0 Å². The van der Waals surface area contributed by atoms with Gasteiger partial charge in [-0.3, -0.25) is 4.79 Å². The smallest absolute Gasteiger partial charge is 0.417 e. The van der Waals surface area contributed by atoms with Crippen LogP contribution in [-0.2, 0) is 17.2 Å². The van der Waals surface area contributed by atoms with E-state index in [2.05, 4.69) is 21.9 Å². The Balaban J connectivity index is 1.42. The summed E-state index contributed by atoms with van der Waals surface area (Å²) in [6, 6.07) is 2.95. The third-order valence-electron chi connectivity index (χ3n) is 7.01. The first-order valence-electron chi connectivity index (χ1n) is 13.7. The van der Waals surface area contributed by atoms with Crippen molar-refractivity contribution < 1.29 is 31.0 Å². The largest absolute Gasteiger partial charge is 0.437 e. The number of allylic oxidation sites excluding steroid dienone is 5. The minimum absolute atomic E-state index is 0.123. The number of anilines is 3. The number of oxazole rings is 1. The number of amides is 1. The van der Waals surface area contributed by atoms with Gasteiger partial charge in [-0.25, -0.2) is 17.9 Å². The zero-order valence-corrected chi connectivity index (χ0v) is 24.3. The van der Waals surface area contributed by atoms with E-state index in [0.717, 1.165) is 12.8 Å². The minimum Gasteiger partial charge on any atom is -0.417 e. The van der Waals surface area contributed by atoms with Crippen molar-refractivity contribution in [2.45, 2.75) is 39.3 Å². The van der Waals surface area contributed by atoms with E-state index in [-0.39, 0.29) is 22.5 Å². The van der Waals surface area contributed by atoms with Gasteiger partial charge in [0.2, 0.25) is 5.76 Å². The van der Waals surface area contributed by atoms with Crippen molar-refractivity contribution in [1.82, 2.24) is 14.3 Å². The number of halogens is 4. The number of piperidine rings is 1. The molecule has 0 radical (unpaired) electrons. The number of nitrogens with zero attached hydrogens (tertiary/aromatic N) is 5. The molecule has 4 heterocycles. The predicted molar refractivity (Wildman–Crippen MR) is 154 cm³/mol. The Morgan fingerprint density at radius 3 is 2.60 bits per heavy atom. The monoisotopic (exact) mass is 610 g/mol. The molecule has 2 aromatic heterocycles. The summed E-state index contributed by atoms with van der Waals surface area (Å²) in [5, 5.41) is 2.42. The van der Waals surface area contributed by atoms with Crippen LogP contribution < -0.4 is 15.1 Å². The van der Waals surface area contributed by atoms with Gasteiger partial charge < -0.3 is 19.5 Å². The van der Waals surface area contributed by atoms with Crippen LogP contribution >= 0.6 is 0 Å². The number of rotatable bonds is 8. The highest BCUT2D eigenvalue weighted by molar-refractivity contribution is 7.86. The van der Waals surface area contributed by atoms with Gasteiger partial charge in [-0.05, 0) is 50.3 Å². The molecule has 2 aliphatic rings. The van der Waals surface area contributed by atoms with Crippen molar-refractivity contribution in [3.8, 4) is 0 Å². The highest BCUT2D eigenvalue weighted by atomic mass is 32.2. The Labute approximate surface area is 244 Å². The number of aromatic nitrogens is 2. The van der Waals surface area contributed by atoms with Gasteiger partial charge in [0.25, 0.3) is 11.9 Å². The lowest BCUT2D eigenvalue weighted by Crippen LogP contribution is -2.34. The number of nitrogens with one attached hydrogen (secondary N) is 1. The van der Waals surface area contributed by atoms with E-state index in [1.54, 1.807) is 15.3 Å². The number of carbonyl (C=O) groups excluding carboxylic acids is 1. The molecule has 1 N–H and O–H groups in total. The first-order chi connectivity index (χ1) is 20.0. The van der Waals surface area contributed by atoms with Crippen LogP contribution in [0.15, 0.2) is 58.3 Å². The number of alkyl halides is 3. The van der Waals surface area contributed by atoms with Crippen molar-refractivity contribution in [1.29, 1.82) is 0 Å². The average Bonchev–Trinajstić information content (AvgIpc) is 3.29. The summed E-state index contributed by atoms with van der Waals surface area (Å²) in [4.78, 5) is 24.6. The molecule has 4 rings (SSSR count). The van der Waals surface area contributed by atoms with Gasteiger partial charge in [0.05, 0.1) is 16.8 Å². The lowest BCUT2D eigenvalue weighted by molar-refractivity contribution is -0.141. The van der Waals surface area contributed by atoms with E-state index >= 15 is 0 Å². The van der Waals surface area contributed by atoms with E-state index < -0.39 is 40.4 Å². The maximum atomic E-state index is 14.3. The summed E-state index contributed by atoms with van der Waals surface area (Å²) >= 11 is 0. The van der Waals surface area contributed by atoms with Crippen molar-refractivity contribution in [2.24, 2.45) is 5.92 Å². The molecule has 2 atom stereocenters. The SMILES string of the molecule is C=C/C=C\C(F)=C(/C)S(=O)N1CCCN(c2ccc(NC(=O)c3oc(N4CCCC(C)C4)nc3C(F)(F)F)cn2)CC1. The molecule has 2 aromatic rings. The van der Waals surface area contributed by atoms with Gasteiger partial charge in [0, 0.05) is 39.3 Å². The van der Waals surface area contributed by atoms with E-state index in [0.29, 0.717) is 51.5 Å². The van der Waals surface area contributed by atoms with Gasteiger partial charge in [-0.2, -0.15) is 18.2 Å². The predicted octanol–water partition coefficient (Wildman–Crippen LogP) is 5.70. The van der Waals surface area contributed by atoms with Gasteiger partial charge >= 0.3 is 6.18 Å². The highest BCUT2D eigenvalue weighted by Crippen LogP contribution is 2.35. The lowest BCUT2D eigenvalue weighted by atomic mass is 10.0. The number of carbonyl (C=O) groups is 1. The lowest BCUT2D eigenvalue weighted by Gasteiger charge is -2.29. The maximum Gasteiger partial charge on any atom is 0.437 e. The van der Waals surface area contributed by atoms with Crippen molar-refractivity contribution in [2.75, 3.05) is 54.4 Å². The molecule has 42 heavy (non-hydrogen) atoms. The van der Waals surface area contributed by atoms with Crippen LogP contribution in [0.1, 0.15) is 49.4 Å². The first-order valence-corrected chi connectivity index (χ1v) is 14.8. The molecule has 0 aromatic carbocycles. The fourth-order valence-electron chi connectivity index (χ4n) is 4.82. The van der Waals surface area contributed by atoms with E-state index in [4.69, 9.17) is 4.42 Å². The maximum absolute atomic E-state index is 14.3. The molecule has 2 fully saturated rings. The van der Waals surface area contributed by atoms with Gasteiger partial charge in [-0.15, -0.1) is 0 Å². The summed E-state index contributed by atoms with van der Waals surface area (Å²) in [7, 11) is -1.65. The Morgan fingerprint density at radius 1 is 1.17 bits per heavy atom. The molecular formula is C28H34F4N6O3S.